The lowest BCUT2D eigenvalue weighted by Crippen LogP contribution is -2.49. The van der Waals surface area contributed by atoms with E-state index in [1.165, 1.54) is 4.31 Å². The molecule has 0 radical (unpaired) electrons. The number of nitrogens with one attached hydrogen (secondary N) is 1. The van der Waals surface area contributed by atoms with Crippen molar-refractivity contribution in [1.82, 2.24) is 9.19 Å². The Bertz CT molecular complexity index is 321. The fourth-order valence-electron chi connectivity index (χ4n) is 1.65. The maximum absolute atomic E-state index is 11.9. The lowest BCUT2D eigenvalue weighted by molar-refractivity contribution is -0.0390. The van der Waals surface area contributed by atoms with Gasteiger partial charge in [-0.3, -0.25) is 4.84 Å². The third-order valence-electron chi connectivity index (χ3n) is 2.50. The summed E-state index contributed by atoms with van der Waals surface area (Å²) in [5.41, 5.74) is -0.522. The van der Waals surface area contributed by atoms with Gasteiger partial charge in [-0.2, -0.15) is 12.7 Å². The molecule has 0 aromatic carbocycles. The van der Waals surface area contributed by atoms with E-state index in [4.69, 9.17) is 4.84 Å². The summed E-state index contributed by atoms with van der Waals surface area (Å²) in [5.74, 6) is 0. The molecule has 5 nitrogen and oxygen atoms in total. The molecule has 1 fully saturated rings. The van der Waals surface area contributed by atoms with Crippen molar-refractivity contribution < 1.29 is 13.3 Å². The van der Waals surface area contributed by atoms with E-state index in [0.29, 0.717) is 6.54 Å². The highest BCUT2D eigenvalue weighted by Crippen LogP contribution is 2.19. The van der Waals surface area contributed by atoms with Gasteiger partial charge in [0.2, 0.25) is 0 Å². The van der Waals surface area contributed by atoms with E-state index in [2.05, 4.69) is 4.89 Å². The predicted octanol–water partition coefficient (Wildman–Crippen LogP) is 1.43. The molecular weight excluding hydrogens is 228 g/mol. The number of hydrogen-bond donors (Lipinski definition) is 1. The first-order chi connectivity index (χ1) is 7.22. The van der Waals surface area contributed by atoms with Gasteiger partial charge in [-0.25, -0.2) is 0 Å². The molecule has 6 heteroatoms. The molecule has 1 N–H and O–H groups in total. The van der Waals surface area contributed by atoms with Crippen molar-refractivity contribution in [2.24, 2.45) is 0 Å². The van der Waals surface area contributed by atoms with Gasteiger partial charge >= 0.3 is 10.2 Å². The van der Waals surface area contributed by atoms with Crippen molar-refractivity contribution in [2.45, 2.75) is 58.6 Å². The van der Waals surface area contributed by atoms with Crippen LogP contribution in [0.1, 0.15) is 47.0 Å². The smallest absolute Gasteiger partial charge is 0.280 e. The van der Waals surface area contributed by atoms with Crippen LogP contribution in [0.25, 0.3) is 0 Å². The highest BCUT2D eigenvalue weighted by molar-refractivity contribution is 7.87. The normalized spacial score (nSPS) is 24.6. The topological polar surface area (TPSA) is 58.6 Å². The quantitative estimate of drug-likeness (QED) is 0.771. The van der Waals surface area contributed by atoms with Crippen LogP contribution in [-0.4, -0.2) is 30.9 Å². The highest BCUT2D eigenvalue weighted by atomic mass is 32.2. The van der Waals surface area contributed by atoms with E-state index < -0.39 is 15.8 Å². The zero-order chi connectivity index (χ0) is 12.4. The van der Waals surface area contributed by atoms with E-state index in [-0.39, 0.29) is 6.04 Å². The van der Waals surface area contributed by atoms with E-state index >= 15 is 0 Å². The predicted molar refractivity (Wildman–Crippen MR) is 62.9 cm³/mol. The molecule has 0 bridgehead atoms. The van der Waals surface area contributed by atoms with Crippen molar-refractivity contribution in [3.63, 3.8) is 0 Å². The summed E-state index contributed by atoms with van der Waals surface area (Å²) in [6.45, 7) is 7.90. The largest absolute Gasteiger partial charge is 0.301 e. The van der Waals surface area contributed by atoms with Crippen LogP contribution in [0.15, 0.2) is 0 Å². The van der Waals surface area contributed by atoms with Crippen LogP contribution in [0, 0.1) is 0 Å². The number of rotatable bonds is 3. The van der Waals surface area contributed by atoms with Gasteiger partial charge in [-0.1, -0.05) is 11.3 Å². The van der Waals surface area contributed by atoms with E-state index in [9.17, 15) is 8.42 Å². The van der Waals surface area contributed by atoms with Crippen LogP contribution < -0.4 is 4.89 Å². The second kappa shape index (κ2) is 5.00. The molecule has 1 unspecified atom stereocenters. The van der Waals surface area contributed by atoms with Crippen LogP contribution in [0.4, 0.5) is 0 Å². The summed E-state index contributed by atoms with van der Waals surface area (Å²) in [6.07, 6.45) is 2.92. The molecule has 1 rings (SSSR count). The first-order valence-corrected chi connectivity index (χ1v) is 7.13. The number of piperidine rings is 1. The van der Waals surface area contributed by atoms with Crippen molar-refractivity contribution in [1.29, 1.82) is 0 Å². The Balaban J connectivity index is 2.62. The van der Waals surface area contributed by atoms with Gasteiger partial charge in [0, 0.05) is 12.6 Å². The maximum atomic E-state index is 11.9. The monoisotopic (exact) mass is 250 g/mol. The van der Waals surface area contributed by atoms with Crippen LogP contribution in [0.3, 0.4) is 0 Å². The van der Waals surface area contributed by atoms with E-state index in [1.54, 1.807) is 20.8 Å². The molecule has 16 heavy (non-hydrogen) atoms. The molecule has 0 amide bonds. The minimum Gasteiger partial charge on any atom is -0.280 e. The Labute approximate surface area is 98.3 Å². The van der Waals surface area contributed by atoms with Gasteiger partial charge in [0.25, 0.3) is 0 Å². The zero-order valence-corrected chi connectivity index (χ0v) is 11.3. The molecule has 0 aliphatic carbocycles. The summed E-state index contributed by atoms with van der Waals surface area (Å²) >= 11 is 0. The Kier molecular flexibility index (Phi) is 4.34. The minimum atomic E-state index is -3.50. The molecule has 1 aliphatic rings. The molecule has 0 saturated carbocycles. The zero-order valence-electron chi connectivity index (χ0n) is 10.5. The van der Waals surface area contributed by atoms with Gasteiger partial charge in [0.05, 0.1) is 5.60 Å². The summed E-state index contributed by atoms with van der Waals surface area (Å²) in [6, 6.07) is 0.0508. The molecule has 0 spiro atoms. The van der Waals surface area contributed by atoms with Crippen LogP contribution in [0.5, 0.6) is 0 Å². The fraction of sp³-hybridized carbons (Fsp3) is 1.00. The third kappa shape index (κ3) is 4.01. The van der Waals surface area contributed by atoms with E-state index in [0.717, 1.165) is 19.3 Å². The highest BCUT2D eigenvalue weighted by Gasteiger charge is 2.30. The van der Waals surface area contributed by atoms with Crippen molar-refractivity contribution in [3.05, 3.63) is 0 Å². The molecule has 1 atom stereocenters. The minimum absolute atomic E-state index is 0.0508. The van der Waals surface area contributed by atoms with Gasteiger partial charge in [0.1, 0.15) is 0 Å². The van der Waals surface area contributed by atoms with Crippen LogP contribution in [0.2, 0.25) is 0 Å². The molecule has 1 heterocycles. The lowest BCUT2D eigenvalue weighted by atomic mass is 10.1. The number of hydrogen-bond acceptors (Lipinski definition) is 3. The van der Waals surface area contributed by atoms with Crippen molar-refractivity contribution >= 4 is 10.2 Å². The Hall–Kier alpha value is -0.170. The Morgan fingerprint density at radius 2 is 1.94 bits per heavy atom. The lowest BCUT2D eigenvalue weighted by Gasteiger charge is -2.32. The summed E-state index contributed by atoms with van der Waals surface area (Å²) < 4.78 is 25.3. The van der Waals surface area contributed by atoms with Crippen LogP contribution >= 0.6 is 0 Å². The second-order valence-corrected chi connectivity index (χ2v) is 6.84. The van der Waals surface area contributed by atoms with Crippen molar-refractivity contribution in [2.75, 3.05) is 6.54 Å². The molecular formula is C10H22N2O3S. The van der Waals surface area contributed by atoms with Gasteiger partial charge in [-0.15, -0.1) is 0 Å². The molecule has 0 aromatic rings. The molecule has 1 aliphatic heterocycles. The van der Waals surface area contributed by atoms with E-state index in [1.807, 2.05) is 6.92 Å². The summed E-state index contributed by atoms with van der Waals surface area (Å²) in [5, 5.41) is 0. The van der Waals surface area contributed by atoms with Gasteiger partial charge in [-0.05, 0) is 40.5 Å². The molecule has 0 aromatic heterocycles. The van der Waals surface area contributed by atoms with Gasteiger partial charge < -0.3 is 0 Å². The van der Waals surface area contributed by atoms with Crippen LogP contribution in [-0.2, 0) is 15.0 Å². The third-order valence-corrected chi connectivity index (χ3v) is 3.96. The summed E-state index contributed by atoms with van der Waals surface area (Å²) in [7, 11) is -3.50. The fourth-order valence-corrected chi connectivity index (χ4v) is 3.05. The standard InChI is InChI=1S/C10H22N2O3S/c1-9-7-5-6-8-12(9)16(13,14)11-15-10(2,3)4/h9,11H,5-8H2,1-4H3. The Morgan fingerprint density at radius 3 is 2.44 bits per heavy atom. The number of nitrogens with zero attached hydrogens (tertiary/aromatic N) is 1. The first kappa shape index (κ1) is 13.9. The first-order valence-electron chi connectivity index (χ1n) is 5.69. The molecule has 1 saturated heterocycles. The Morgan fingerprint density at radius 1 is 1.31 bits per heavy atom. The van der Waals surface area contributed by atoms with Gasteiger partial charge in [0.15, 0.2) is 0 Å². The second-order valence-electron chi connectivity index (χ2n) is 5.26. The SMILES string of the molecule is CC1CCCCN1S(=O)(=O)NOC(C)(C)C. The summed E-state index contributed by atoms with van der Waals surface area (Å²) in [4.78, 5) is 7.31. The average Bonchev–Trinajstić information content (AvgIpc) is 2.14. The van der Waals surface area contributed by atoms with Crippen molar-refractivity contribution in [3.8, 4) is 0 Å². The maximum Gasteiger partial charge on any atom is 0.301 e. The average molecular weight is 250 g/mol. The molecule has 96 valence electrons.